The quantitative estimate of drug-likeness (QED) is 0.821. The molecule has 2 aromatic rings. The van der Waals surface area contributed by atoms with Gasteiger partial charge in [0, 0.05) is 18.7 Å². The maximum absolute atomic E-state index is 12.6. The van der Waals surface area contributed by atoms with E-state index >= 15 is 0 Å². The number of carbonyl (C=O) groups is 1. The fourth-order valence-corrected chi connectivity index (χ4v) is 3.58. The van der Waals surface area contributed by atoms with Gasteiger partial charge in [0.25, 0.3) is 5.91 Å². The molecule has 0 unspecified atom stereocenters. The summed E-state index contributed by atoms with van der Waals surface area (Å²) < 4.78 is 5.97. The Bertz CT molecular complexity index is 855. The van der Waals surface area contributed by atoms with Gasteiger partial charge in [0.05, 0.1) is 12.2 Å². The van der Waals surface area contributed by atoms with Gasteiger partial charge in [0.15, 0.2) is 0 Å². The van der Waals surface area contributed by atoms with E-state index in [1.165, 1.54) is 0 Å². The van der Waals surface area contributed by atoms with Crippen LogP contribution in [0.25, 0.3) is 5.57 Å². The fraction of sp³-hybridized carbons (Fsp3) is 0.375. The van der Waals surface area contributed by atoms with Crippen LogP contribution in [0.3, 0.4) is 0 Å². The Labute approximate surface area is 173 Å². The summed E-state index contributed by atoms with van der Waals surface area (Å²) >= 11 is 0. The number of benzene rings is 2. The van der Waals surface area contributed by atoms with E-state index in [-0.39, 0.29) is 11.7 Å². The van der Waals surface area contributed by atoms with Gasteiger partial charge in [0.1, 0.15) is 11.5 Å². The number of hydrogen-bond donors (Lipinski definition) is 2. The Balaban J connectivity index is 1.99. The predicted octanol–water partition coefficient (Wildman–Crippen LogP) is 4.07. The molecule has 0 saturated carbocycles. The highest BCUT2D eigenvalue weighted by molar-refractivity contribution is 5.95. The highest BCUT2D eigenvalue weighted by Gasteiger charge is 2.18. The lowest BCUT2D eigenvalue weighted by Crippen LogP contribution is -2.30. The van der Waals surface area contributed by atoms with Crippen LogP contribution in [0.15, 0.2) is 48.5 Å². The Hall–Kier alpha value is -2.79. The molecule has 0 aromatic heterocycles. The number of aromatic hydroxyl groups is 1. The lowest BCUT2D eigenvalue weighted by Gasteiger charge is -2.19. The number of phenolic OH excluding ortho intramolecular Hbond substituents is 1. The number of amides is 1. The molecule has 0 saturated heterocycles. The molecule has 0 aliphatic carbocycles. The molecule has 2 aromatic carbocycles. The minimum absolute atomic E-state index is 0.0359. The maximum atomic E-state index is 12.6. The molecule has 5 heteroatoms. The highest BCUT2D eigenvalue weighted by atomic mass is 16.5. The summed E-state index contributed by atoms with van der Waals surface area (Å²) in [5, 5.41) is 14.0. The molecule has 0 atom stereocenters. The summed E-state index contributed by atoms with van der Waals surface area (Å²) in [6.07, 6.45) is 3.87. The molecule has 2 N–H and O–H groups in total. The van der Waals surface area contributed by atoms with Crippen LogP contribution in [0.2, 0.25) is 0 Å². The zero-order valence-corrected chi connectivity index (χ0v) is 17.3. The topological polar surface area (TPSA) is 61.8 Å². The van der Waals surface area contributed by atoms with Gasteiger partial charge >= 0.3 is 0 Å². The summed E-state index contributed by atoms with van der Waals surface area (Å²) in [5.74, 6) is 0.916. The second-order valence-electron chi connectivity index (χ2n) is 7.06. The Kier molecular flexibility index (Phi) is 7.30. The van der Waals surface area contributed by atoms with Crippen LogP contribution in [-0.4, -0.2) is 48.7 Å². The van der Waals surface area contributed by atoms with E-state index in [1.807, 2.05) is 49.1 Å². The summed E-state index contributed by atoms with van der Waals surface area (Å²) in [5.41, 5.74) is 3.25. The van der Waals surface area contributed by atoms with Crippen LogP contribution in [-0.2, 0) is 0 Å². The van der Waals surface area contributed by atoms with Crippen molar-refractivity contribution in [3.8, 4) is 11.5 Å². The number of hydrogen-bond acceptors (Lipinski definition) is 4. The first-order valence-electron chi connectivity index (χ1n) is 10.4. The van der Waals surface area contributed by atoms with Gasteiger partial charge < -0.3 is 20.1 Å². The van der Waals surface area contributed by atoms with Crippen LogP contribution in [0.4, 0.5) is 0 Å². The minimum Gasteiger partial charge on any atom is -0.507 e. The van der Waals surface area contributed by atoms with Crippen LogP contribution in [0.1, 0.15) is 48.2 Å². The van der Waals surface area contributed by atoms with Crippen LogP contribution in [0, 0.1) is 0 Å². The van der Waals surface area contributed by atoms with E-state index < -0.39 is 0 Å². The zero-order chi connectivity index (χ0) is 20.6. The lowest BCUT2D eigenvalue weighted by atomic mass is 9.94. The van der Waals surface area contributed by atoms with Crippen molar-refractivity contribution in [2.75, 3.05) is 32.8 Å². The molecule has 1 heterocycles. The predicted molar refractivity (Wildman–Crippen MR) is 116 cm³/mol. The van der Waals surface area contributed by atoms with Crippen molar-refractivity contribution in [2.24, 2.45) is 0 Å². The summed E-state index contributed by atoms with van der Waals surface area (Å²) in [6.45, 7) is 7.70. The van der Waals surface area contributed by atoms with Gasteiger partial charge in [-0.1, -0.05) is 24.3 Å². The number of phenols is 1. The van der Waals surface area contributed by atoms with Gasteiger partial charge in [-0.3, -0.25) is 4.79 Å². The monoisotopic (exact) mass is 394 g/mol. The molecule has 29 heavy (non-hydrogen) atoms. The van der Waals surface area contributed by atoms with Crippen LogP contribution >= 0.6 is 0 Å². The van der Waals surface area contributed by atoms with Crippen molar-refractivity contribution in [3.63, 3.8) is 0 Å². The van der Waals surface area contributed by atoms with Crippen LogP contribution < -0.4 is 10.1 Å². The summed E-state index contributed by atoms with van der Waals surface area (Å²) in [6, 6.07) is 13.0. The second-order valence-corrected chi connectivity index (χ2v) is 7.06. The van der Waals surface area contributed by atoms with Crippen molar-refractivity contribution >= 4 is 11.5 Å². The molecule has 0 fully saturated rings. The van der Waals surface area contributed by atoms with Gasteiger partial charge in [-0.15, -0.1) is 0 Å². The standard InChI is InChI=1S/C24H30N2O3/c1-3-26(4-2)24(28)19-13-11-18(12-14-19)20-8-6-15-25-16-7-17-29-22-10-5-9-21(27)23(20)22/h5,8-14,25,27H,3-4,6-7,15-17H2,1-2H3/b20-8-. The van der Waals surface area contributed by atoms with Crippen LogP contribution in [0.5, 0.6) is 11.5 Å². The molecule has 1 aliphatic rings. The average Bonchev–Trinajstić information content (AvgIpc) is 2.79. The van der Waals surface area contributed by atoms with Crippen molar-refractivity contribution in [2.45, 2.75) is 26.7 Å². The molecular weight excluding hydrogens is 364 g/mol. The van der Waals surface area contributed by atoms with E-state index in [2.05, 4.69) is 11.4 Å². The third-order valence-corrected chi connectivity index (χ3v) is 5.19. The molecular formula is C24H30N2O3. The van der Waals surface area contributed by atoms with Crippen molar-refractivity contribution < 1.29 is 14.6 Å². The van der Waals surface area contributed by atoms with E-state index in [4.69, 9.17) is 4.74 Å². The van der Waals surface area contributed by atoms with E-state index in [0.717, 1.165) is 37.1 Å². The first-order valence-corrected chi connectivity index (χ1v) is 10.4. The third kappa shape index (κ3) is 4.98. The fourth-order valence-electron chi connectivity index (χ4n) is 3.58. The largest absolute Gasteiger partial charge is 0.507 e. The first kappa shape index (κ1) is 20.9. The third-order valence-electron chi connectivity index (χ3n) is 5.19. The SMILES string of the molecule is CCN(CC)C(=O)c1ccc(/C2=C/CCNCCCOc3cccc(O)c32)cc1. The number of fused-ring (bicyclic) bond motifs is 1. The van der Waals surface area contributed by atoms with Crippen molar-refractivity contribution in [3.05, 3.63) is 65.2 Å². The molecule has 1 aliphatic heterocycles. The van der Waals surface area contributed by atoms with E-state index in [9.17, 15) is 9.90 Å². The number of nitrogens with zero attached hydrogens (tertiary/aromatic N) is 1. The molecule has 0 radical (unpaired) electrons. The van der Waals surface area contributed by atoms with Crippen molar-refractivity contribution in [1.82, 2.24) is 10.2 Å². The van der Waals surface area contributed by atoms with Gasteiger partial charge in [-0.25, -0.2) is 0 Å². The molecule has 0 bridgehead atoms. The summed E-state index contributed by atoms with van der Waals surface area (Å²) in [4.78, 5) is 14.4. The van der Waals surface area contributed by atoms with Gasteiger partial charge in [-0.05, 0) is 75.2 Å². The molecule has 5 nitrogen and oxygen atoms in total. The van der Waals surface area contributed by atoms with E-state index in [0.29, 0.717) is 36.6 Å². The number of carbonyl (C=O) groups excluding carboxylic acids is 1. The second kappa shape index (κ2) is 10.1. The Morgan fingerprint density at radius 3 is 2.59 bits per heavy atom. The first-order chi connectivity index (χ1) is 14.2. The highest BCUT2D eigenvalue weighted by Crippen LogP contribution is 2.38. The summed E-state index contributed by atoms with van der Waals surface area (Å²) in [7, 11) is 0. The Morgan fingerprint density at radius 2 is 1.86 bits per heavy atom. The zero-order valence-electron chi connectivity index (χ0n) is 17.3. The lowest BCUT2D eigenvalue weighted by molar-refractivity contribution is 0.0773. The van der Waals surface area contributed by atoms with Crippen molar-refractivity contribution in [1.29, 1.82) is 0 Å². The molecule has 3 rings (SSSR count). The molecule has 1 amide bonds. The normalized spacial score (nSPS) is 16.6. The molecule has 0 spiro atoms. The average molecular weight is 395 g/mol. The van der Waals surface area contributed by atoms with Gasteiger partial charge in [-0.2, -0.15) is 0 Å². The number of ether oxygens (including phenoxy) is 1. The minimum atomic E-state index is 0.0359. The maximum Gasteiger partial charge on any atom is 0.253 e. The van der Waals surface area contributed by atoms with E-state index in [1.54, 1.807) is 12.1 Å². The van der Waals surface area contributed by atoms with Gasteiger partial charge in [0.2, 0.25) is 0 Å². The Morgan fingerprint density at radius 1 is 1.10 bits per heavy atom. The smallest absolute Gasteiger partial charge is 0.253 e. The number of nitrogens with one attached hydrogen (secondary N) is 1. The number of rotatable bonds is 4. The molecule has 154 valence electrons.